The molecule has 10 nitrogen and oxygen atoms in total. The van der Waals surface area contributed by atoms with Gasteiger partial charge in [0, 0.05) is 12.7 Å². The first kappa shape index (κ1) is 18.5. The fourth-order valence-electron chi connectivity index (χ4n) is 3.62. The number of anilines is 2. The van der Waals surface area contributed by atoms with Crippen molar-refractivity contribution in [1.82, 2.24) is 39.6 Å². The summed E-state index contributed by atoms with van der Waals surface area (Å²) in [6.45, 7) is 4.28. The van der Waals surface area contributed by atoms with Crippen molar-refractivity contribution in [2.45, 2.75) is 19.4 Å². The van der Waals surface area contributed by atoms with Gasteiger partial charge in [0.2, 0.25) is 5.95 Å². The Labute approximate surface area is 173 Å². The molecule has 0 aliphatic carbocycles. The highest BCUT2D eigenvalue weighted by atomic mass is 16.5. The van der Waals surface area contributed by atoms with Crippen LogP contribution in [0.4, 0.5) is 11.6 Å². The fourth-order valence-corrected chi connectivity index (χ4v) is 3.62. The number of rotatable bonds is 7. The first-order valence-electron chi connectivity index (χ1n) is 10.0. The second-order valence-corrected chi connectivity index (χ2v) is 7.27. The van der Waals surface area contributed by atoms with E-state index in [1.807, 2.05) is 35.1 Å². The van der Waals surface area contributed by atoms with E-state index in [0.29, 0.717) is 17.1 Å². The Kier molecular flexibility index (Phi) is 4.98. The number of benzene rings is 1. The van der Waals surface area contributed by atoms with Crippen molar-refractivity contribution in [3.05, 3.63) is 42.9 Å². The predicted molar refractivity (Wildman–Crippen MR) is 112 cm³/mol. The molecule has 0 bridgehead atoms. The molecule has 0 atom stereocenters. The van der Waals surface area contributed by atoms with Crippen molar-refractivity contribution in [2.75, 3.05) is 32.1 Å². The van der Waals surface area contributed by atoms with E-state index in [0.717, 1.165) is 30.2 Å². The molecule has 3 aromatic heterocycles. The lowest BCUT2D eigenvalue weighted by Gasteiger charge is -2.13. The molecule has 4 aromatic rings. The summed E-state index contributed by atoms with van der Waals surface area (Å²) >= 11 is 0. The third-order valence-electron chi connectivity index (χ3n) is 5.24. The second-order valence-electron chi connectivity index (χ2n) is 7.27. The van der Waals surface area contributed by atoms with Crippen molar-refractivity contribution in [3.8, 4) is 11.4 Å². The summed E-state index contributed by atoms with van der Waals surface area (Å²) in [7, 11) is 1.64. The van der Waals surface area contributed by atoms with Crippen LogP contribution in [-0.2, 0) is 6.54 Å². The van der Waals surface area contributed by atoms with Gasteiger partial charge in [0.25, 0.3) is 0 Å². The van der Waals surface area contributed by atoms with Gasteiger partial charge in [-0.25, -0.2) is 4.98 Å². The van der Waals surface area contributed by atoms with E-state index in [-0.39, 0.29) is 0 Å². The molecule has 1 aromatic carbocycles. The topological polar surface area (TPSA) is 98.8 Å². The standard InChI is InChI=1S/C20H23N9O/c1-30-17-6-4-16(5-7-17)29-19-18(25-26-29)13-21-20(24-19)23-15-12-22-28(14-15)11-10-27-8-2-3-9-27/h4-7,12-14H,2-3,8-11H2,1H3,(H,21,23,24). The molecular weight excluding hydrogens is 382 g/mol. The maximum absolute atomic E-state index is 5.22. The molecule has 0 unspecified atom stereocenters. The zero-order valence-corrected chi connectivity index (χ0v) is 16.8. The molecular formula is C20H23N9O. The number of hydrogen-bond donors (Lipinski definition) is 1. The van der Waals surface area contributed by atoms with Crippen LogP contribution in [0.25, 0.3) is 16.9 Å². The highest BCUT2D eigenvalue weighted by Crippen LogP contribution is 2.19. The lowest BCUT2D eigenvalue weighted by Crippen LogP contribution is -2.24. The van der Waals surface area contributed by atoms with E-state index in [2.05, 4.69) is 35.6 Å². The molecule has 1 N–H and O–H groups in total. The van der Waals surface area contributed by atoms with Gasteiger partial charge in [0.15, 0.2) is 11.2 Å². The summed E-state index contributed by atoms with van der Waals surface area (Å²) in [5, 5.41) is 16.0. The van der Waals surface area contributed by atoms with Crippen LogP contribution in [0.1, 0.15) is 12.8 Å². The van der Waals surface area contributed by atoms with Gasteiger partial charge < -0.3 is 15.0 Å². The van der Waals surface area contributed by atoms with Crippen LogP contribution >= 0.6 is 0 Å². The van der Waals surface area contributed by atoms with E-state index in [4.69, 9.17) is 4.74 Å². The number of aromatic nitrogens is 7. The second kappa shape index (κ2) is 8.07. The first-order valence-corrected chi connectivity index (χ1v) is 10.0. The Hall–Kier alpha value is -3.53. The number of nitrogens with one attached hydrogen (secondary N) is 1. The van der Waals surface area contributed by atoms with Gasteiger partial charge >= 0.3 is 0 Å². The minimum absolute atomic E-state index is 0.471. The third-order valence-corrected chi connectivity index (χ3v) is 5.24. The molecule has 4 heterocycles. The monoisotopic (exact) mass is 405 g/mol. The van der Waals surface area contributed by atoms with Crippen molar-refractivity contribution in [2.24, 2.45) is 0 Å². The summed E-state index contributed by atoms with van der Waals surface area (Å²) in [5.41, 5.74) is 2.94. The van der Waals surface area contributed by atoms with Gasteiger partial charge in [-0.1, -0.05) is 5.21 Å². The van der Waals surface area contributed by atoms with Crippen molar-refractivity contribution in [3.63, 3.8) is 0 Å². The summed E-state index contributed by atoms with van der Waals surface area (Å²) in [6, 6.07) is 7.57. The molecule has 1 fully saturated rings. The maximum Gasteiger partial charge on any atom is 0.229 e. The molecule has 0 amide bonds. The highest BCUT2D eigenvalue weighted by molar-refractivity contribution is 5.72. The molecule has 1 aliphatic heterocycles. The molecule has 0 radical (unpaired) electrons. The maximum atomic E-state index is 5.22. The van der Waals surface area contributed by atoms with Crippen molar-refractivity contribution < 1.29 is 4.74 Å². The summed E-state index contributed by atoms with van der Waals surface area (Å²) in [6.07, 6.45) is 8.02. The number of hydrogen-bond acceptors (Lipinski definition) is 8. The van der Waals surface area contributed by atoms with Gasteiger partial charge in [-0.3, -0.25) is 4.68 Å². The third kappa shape index (κ3) is 3.81. The average Bonchev–Trinajstić information content (AvgIpc) is 3.53. The largest absolute Gasteiger partial charge is 0.497 e. The number of likely N-dealkylation sites (tertiary alicyclic amines) is 1. The molecule has 5 rings (SSSR count). The van der Waals surface area contributed by atoms with E-state index in [1.54, 1.807) is 24.2 Å². The van der Waals surface area contributed by atoms with Crippen molar-refractivity contribution >= 4 is 22.8 Å². The molecule has 1 saturated heterocycles. The molecule has 0 spiro atoms. The molecule has 1 aliphatic rings. The normalized spacial score (nSPS) is 14.4. The van der Waals surface area contributed by atoms with Crippen LogP contribution in [-0.4, -0.2) is 66.4 Å². The van der Waals surface area contributed by atoms with E-state index in [9.17, 15) is 0 Å². The minimum Gasteiger partial charge on any atom is -0.497 e. The van der Waals surface area contributed by atoms with E-state index < -0.39 is 0 Å². The van der Waals surface area contributed by atoms with Crippen LogP contribution < -0.4 is 10.1 Å². The van der Waals surface area contributed by atoms with Gasteiger partial charge in [-0.15, -0.1) is 5.10 Å². The molecule has 30 heavy (non-hydrogen) atoms. The SMILES string of the molecule is COc1ccc(-n2nnc3cnc(Nc4cnn(CCN5CCCC5)c4)nc32)cc1. The van der Waals surface area contributed by atoms with Crippen LogP contribution in [0, 0.1) is 0 Å². The molecule has 0 saturated carbocycles. The lowest BCUT2D eigenvalue weighted by atomic mass is 10.3. The fraction of sp³-hybridized carbons (Fsp3) is 0.350. The highest BCUT2D eigenvalue weighted by Gasteiger charge is 2.13. The minimum atomic E-state index is 0.471. The first-order chi connectivity index (χ1) is 14.8. The number of ether oxygens (including phenoxy) is 1. The van der Waals surface area contributed by atoms with E-state index >= 15 is 0 Å². The van der Waals surface area contributed by atoms with Gasteiger partial charge in [-0.05, 0) is 50.2 Å². The zero-order valence-electron chi connectivity index (χ0n) is 16.8. The van der Waals surface area contributed by atoms with E-state index in [1.165, 1.54) is 25.9 Å². The van der Waals surface area contributed by atoms with Gasteiger partial charge in [-0.2, -0.15) is 14.8 Å². The number of methoxy groups -OCH3 is 1. The summed E-state index contributed by atoms with van der Waals surface area (Å²) in [4.78, 5) is 11.4. The van der Waals surface area contributed by atoms with Crippen LogP contribution in [0.15, 0.2) is 42.9 Å². The Balaban J connectivity index is 1.32. The smallest absolute Gasteiger partial charge is 0.229 e. The Morgan fingerprint density at radius 1 is 1.07 bits per heavy atom. The van der Waals surface area contributed by atoms with Gasteiger partial charge in [0.1, 0.15) is 5.75 Å². The van der Waals surface area contributed by atoms with Crippen LogP contribution in [0.2, 0.25) is 0 Å². The quantitative estimate of drug-likeness (QED) is 0.500. The van der Waals surface area contributed by atoms with Crippen LogP contribution in [0.3, 0.4) is 0 Å². The van der Waals surface area contributed by atoms with Crippen LogP contribution in [0.5, 0.6) is 5.75 Å². The molecule has 154 valence electrons. The Morgan fingerprint density at radius 3 is 2.70 bits per heavy atom. The average molecular weight is 405 g/mol. The zero-order chi connectivity index (χ0) is 20.3. The number of fused-ring (bicyclic) bond motifs is 1. The Bertz CT molecular complexity index is 1130. The lowest BCUT2D eigenvalue weighted by molar-refractivity contribution is 0.316. The van der Waals surface area contributed by atoms with Crippen molar-refractivity contribution in [1.29, 1.82) is 0 Å². The summed E-state index contributed by atoms with van der Waals surface area (Å²) < 4.78 is 8.84. The Morgan fingerprint density at radius 2 is 1.90 bits per heavy atom. The number of nitrogens with zero attached hydrogens (tertiary/aromatic N) is 8. The molecule has 10 heteroatoms. The summed E-state index contributed by atoms with van der Waals surface area (Å²) in [5.74, 6) is 1.25. The predicted octanol–water partition coefficient (Wildman–Crippen LogP) is 2.25. The van der Waals surface area contributed by atoms with Gasteiger partial charge in [0.05, 0.1) is 37.4 Å².